The van der Waals surface area contributed by atoms with Crippen molar-refractivity contribution in [3.8, 4) is 11.5 Å². The molecule has 2 atom stereocenters. The van der Waals surface area contributed by atoms with E-state index in [1.807, 2.05) is 5.32 Å². The quantitative estimate of drug-likeness (QED) is 0.392. The van der Waals surface area contributed by atoms with Crippen molar-refractivity contribution in [3.63, 3.8) is 0 Å². The van der Waals surface area contributed by atoms with Gasteiger partial charge in [0.15, 0.2) is 11.5 Å². The summed E-state index contributed by atoms with van der Waals surface area (Å²) in [5, 5.41) is 15.3. The van der Waals surface area contributed by atoms with Gasteiger partial charge in [-0.15, -0.1) is 0 Å². The van der Waals surface area contributed by atoms with E-state index in [1.54, 1.807) is 31.4 Å². The molecule has 2 unspecified atom stereocenters. The zero-order valence-electron chi connectivity index (χ0n) is 14.3. The fourth-order valence-corrected chi connectivity index (χ4v) is 2.35. The Balaban J connectivity index is 2.16. The van der Waals surface area contributed by atoms with Gasteiger partial charge in [-0.2, -0.15) is 0 Å². The highest BCUT2D eigenvalue weighted by Gasteiger charge is 2.43. The molecule has 1 aliphatic rings. The third-order valence-corrected chi connectivity index (χ3v) is 3.60. The molecule has 1 aromatic rings. The van der Waals surface area contributed by atoms with Gasteiger partial charge in [-0.3, -0.25) is 20.2 Å². The van der Waals surface area contributed by atoms with Crippen LogP contribution in [0.25, 0.3) is 6.08 Å². The summed E-state index contributed by atoms with van der Waals surface area (Å²) in [6.45, 7) is 0.784. The minimum absolute atomic E-state index is 0.357. The zero-order chi connectivity index (χ0) is 19.1. The summed E-state index contributed by atoms with van der Waals surface area (Å²) in [5.41, 5.74) is 0.656. The van der Waals surface area contributed by atoms with Gasteiger partial charge in [0.25, 0.3) is 0 Å². The van der Waals surface area contributed by atoms with Gasteiger partial charge in [0.1, 0.15) is 12.6 Å². The molecule has 2 N–H and O–H groups in total. The Morgan fingerprint density at radius 2 is 2.00 bits per heavy atom. The third kappa shape index (κ3) is 4.70. The molecule has 1 fully saturated rings. The van der Waals surface area contributed by atoms with Gasteiger partial charge in [-0.1, -0.05) is 18.2 Å². The highest BCUT2D eigenvalue weighted by molar-refractivity contribution is 6.00. The lowest BCUT2D eigenvalue weighted by Crippen LogP contribution is -2.62. The van der Waals surface area contributed by atoms with Crippen molar-refractivity contribution in [2.75, 3.05) is 27.4 Å². The Kier molecular flexibility index (Phi) is 6.50. The molecule has 140 valence electrons. The average molecular weight is 365 g/mol. The minimum atomic E-state index is -1.59. The lowest BCUT2D eigenvalue weighted by atomic mass is 10.0. The molecular formula is C16H19N3O7. The number of carbonyl (C=O) groups excluding carboxylic acids is 2. The highest BCUT2D eigenvalue weighted by Crippen LogP contribution is 2.28. The minimum Gasteiger partial charge on any atom is -0.493 e. The summed E-state index contributed by atoms with van der Waals surface area (Å²) in [7, 11) is 3.05. The first kappa shape index (κ1) is 19.2. The maximum absolute atomic E-state index is 11.6. The molecule has 2 rings (SSSR count). The van der Waals surface area contributed by atoms with Crippen LogP contribution < -0.4 is 20.1 Å². The van der Waals surface area contributed by atoms with Crippen LogP contribution in [0.3, 0.4) is 0 Å². The summed E-state index contributed by atoms with van der Waals surface area (Å²) >= 11 is 0. The van der Waals surface area contributed by atoms with Gasteiger partial charge >= 0.3 is 18.0 Å². The van der Waals surface area contributed by atoms with E-state index in [0.29, 0.717) is 30.3 Å². The van der Waals surface area contributed by atoms with E-state index in [1.165, 1.54) is 13.2 Å². The van der Waals surface area contributed by atoms with Crippen molar-refractivity contribution >= 4 is 18.0 Å². The van der Waals surface area contributed by atoms with Crippen LogP contribution in [0.15, 0.2) is 24.3 Å². The second-order valence-electron chi connectivity index (χ2n) is 5.33. The molecule has 1 aromatic carbocycles. The molecule has 1 saturated heterocycles. The lowest BCUT2D eigenvalue weighted by molar-refractivity contribution is -0.510. The first-order valence-corrected chi connectivity index (χ1v) is 7.69. The van der Waals surface area contributed by atoms with Crippen LogP contribution in [-0.4, -0.2) is 56.4 Å². The van der Waals surface area contributed by atoms with Crippen molar-refractivity contribution in [1.29, 1.82) is 0 Å². The molecule has 26 heavy (non-hydrogen) atoms. The molecular weight excluding hydrogens is 346 g/mol. The number of benzene rings is 1. The molecule has 0 spiro atoms. The van der Waals surface area contributed by atoms with E-state index >= 15 is 0 Å². The SMILES string of the molecule is COCCOc1ccc(/C=C/C2NC(=O)NC(=O)C2[N+](=O)[O-])cc1OC. The number of nitrogens with zero attached hydrogens (tertiary/aromatic N) is 1. The number of hydrogen-bond donors (Lipinski definition) is 2. The number of imide groups is 1. The summed E-state index contributed by atoms with van der Waals surface area (Å²) in [4.78, 5) is 33.4. The Morgan fingerprint density at radius 3 is 2.65 bits per heavy atom. The monoisotopic (exact) mass is 365 g/mol. The standard InChI is InChI=1S/C16H19N3O7/c1-24-7-8-26-12-6-4-10(9-13(12)25-2)3-5-11-14(19(22)23)15(20)18-16(21)17-11/h3-6,9,11,14H,7-8H2,1-2H3,(H2,17,18,20,21)/b5-3+. The van der Waals surface area contributed by atoms with E-state index in [-0.39, 0.29) is 0 Å². The van der Waals surface area contributed by atoms with Crippen LogP contribution in [0.4, 0.5) is 4.79 Å². The summed E-state index contributed by atoms with van der Waals surface area (Å²) in [6, 6.07) is 1.64. The predicted octanol–water partition coefficient (Wildman–Crippen LogP) is 0.587. The predicted molar refractivity (Wildman–Crippen MR) is 90.6 cm³/mol. The summed E-state index contributed by atoms with van der Waals surface area (Å²) in [6.07, 6.45) is 2.95. The number of ether oxygens (including phenoxy) is 3. The number of methoxy groups -OCH3 is 2. The number of urea groups is 1. The van der Waals surface area contributed by atoms with Crippen LogP contribution >= 0.6 is 0 Å². The molecule has 1 aliphatic heterocycles. The maximum atomic E-state index is 11.6. The number of carbonyl (C=O) groups is 2. The number of nitrogens with one attached hydrogen (secondary N) is 2. The van der Waals surface area contributed by atoms with Crippen molar-refractivity contribution in [1.82, 2.24) is 10.6 Å². The van der Waals surface area contributed by atoms with Gasteiger partial charge in [-0.05, 0) is 17.7 Å². The Labute approximate surface area is 149 Å². The normalized spacial score (nSPS) is 19.8. The molecule has 0 saturated carbocycles. The molecule has 0 aromatic heterocycles. The van der Waals surface area contributed by atoms with Crippen LogP contribution in [-0.2, 0) is 9.53 Å². The third-order valence-electron chi connectivity index (χ3n) is 3.60. The van der Waals surface area contributed by atoms with E-state index in [2.05, 4.69) is 5.32 Å². The number of amides is 3. The van der Waals surface area contributed by atoms with Gasteiger partial charge in [0, 0.05) is 12.0 Å². The number of rotatable bonds is 8. The molecule has 1 heterocycles. The van der Waals surface area contributed by atoms with Crippen molar-refractivity contribution in [2.45, 2.75) is 12.1 Å². The number of nitro groups is 1. The zero-order valence-corrected chi connectivity index (χ0v) is 14.3. The van der Waals surface area contributed by atoms with Gasteiger partial charge in [0.2, 0.25) is 0 Å². The van der Waals surface area contributed by atoms with Crippen LogP contribution in [0.2, 0.25) is 0 Å². The Bertz CT molecular complexity index is 720. The molecule has 0 bridgehead atoms. The fourth-order valence-electron chi connectivity index (χ4n) is 2.35. The van der Waals surface area contributed by atoms with Crippen LogP contribution in [0.5, 0.6) is 11.5 Å². The van der Waals surface area contributed by atoms with Crippen molar-refractivity contribution in [2.24, 2.45) is 0 Å². The van der Waals surface area contributed by atoms with Crippen molar-refractivity contribution in [3.05, 3.63) is 40.0 Å². The van der Waals surface area contributed by atoms with Crippen LogP contribution in [0.1, 0.15) is 5.56 Å². The Hall–Kier alpha value is -3.14. The van der Waals surface area contributed by atoms with Crippen LogP contribution in [0, 0.1) is 10.1 Å². The maximum Gasteiger partial charge on any atom is 0.322 e. The largest absolute Gasteiger partial charge is 0.493 e. The van der Waals surface area contributed by atoms with Gasteiger partial charge in [-0.25, -0.2) is 4.79 Å². The van der Waals surface area contributed by atoms with Gasteiger partial charge in [0.05, 0.1) is 13.7 Å². The lowest BCUT2D eigenvalue weighted by Gasteiger charge is -2.23. The average Bonchev–Trinajstić information content (AvgIpc) is 2.59. The van der Waals surface area contributed by atoms with E-state index in [4.69, 9.17) is 14.2 Å². The summed E-state index contributed by atoms with van der Waals surface area (Å²) in [5.74, 6) is 0.0441. The fraction of sp³-hybridized carbons (Fsp3) is 0.375. The molecule has 0 aliphatic carbocycles. The first-order chi connectivity index (χ1) is 12.5. The molecule has 10 nitrogen and oxygen atoms in total. The molecule has 10 heteroatoms. The van der Waals surface area contributed by atoms with Crippen molar-refractivity contribution < 1.29 is 28.7 Å². The van der Waals surface area contributed by atoms with E-state index in [9.17, 15) is 19.7 Å². The topological polar surface area (TPSA) is 129 Å². The van der Waals surface area contributed by atoms with E-state index < -0.39 is 28.9 Å². The highest BCUT2D eigenvalue weighted by atomic mass is 16.6. The van der Waals surface area contributed by atoms with Gasteiger partial charge < -0.3 is 19.5 Å². The second kappa shape index (κ2) is 8.81. The second-order valence-corrected chi connectivity index (χ2v) is 5.33. The number of hydrogen-bond acceptors (Lipinski definition) is 7. The molecule has 0 radical (unpaired) electrons. The molecule has 3 amide bonds. The smallest absolute Gasteiger partial charge is 0.322 e. The summed E-state index contributed by atoms with van der Waals surface area (Å²) < 4.78 is 15.7. The first-order valence-electron chi connectivity index (χ1n) is 7.69. The Morgan fingerprint density at radius 1 is 1.23 bits per heavy atom. The van der Waals surface area contributed by atoms with E-state index in [0.717, 1.165) is 0 Å².